The van der Waals surface area contributed by atoms with Gasteiger partial charge in [-0.05, 0) is 105 Å². The fourth-order valence-corrected chi connectivity index (χ4v) is 12.1. The van der Waals surface area contributed by atoms with Gasteiger partial charge in [-0.1, -0.05) is 136 Å². The Hall–Kier alpha value is -6.52. The normalized spacial score (nSPS) is 19.0. The summed E-state index contributed by atoms with van der Waals surface area (Å²) in [5, 5.41) is 5.08. The third-order valence-corrected chi connectivity index (χ3v) is 14.6. The Morgan fingerprint density at radius 2 is 1.40 bits per heavy atom. The zero-order valence-electron chi connectivity index (χ0n) is 36.2. The van der Waals surface area contributed by atoms with Gasteiger partial charge in [0.2, 0.25) is 0 Å². The number of benzene rings is 5. The fraction of sp³-hybridized carbons (Fsp3) is 0.241. The van der Waals surface area contributed by atoms with Crippen LogP contribution in [0.5, 0.6) is 0 Å². The van der Waals surface area contributed by atoms with Crippen molar-refractivity contribution in [2.45, 2.75) is 90.1 Å². The Balaban J connectivity index is 1.13. The lowest BCUT2D eigenvalue weighted by Gasteiger charge is -2.48. The molecule has 0 saturated heterocycles. The van der Waals surface area contributed by atoms with Crippen molar-refractivity contribution < 1.29 is 0 Å². The molecule has 3 aliphatic carbocycles. The predicted octanol–water partition coefficient (Wildman–Crippen LogP) is 15.5. The highest BCUT2D eigenvalue weighted by atomic mass is 15.2. The lowest BCUT2D eigenvalue weighted by molar-refractivity contribution is 0.368. The molecule has 306 valence electrons. The van der Waals surface area contributed by atoms with Gasteiger partial charge >= 0.3 is 0 Å². The number of para-hydroxylation sites is 3. The van der Waals surface area contributed by atoms with E-state index < -0.39 is 0 Å². The Bertz CT molecular complexity index is 3250. The Labute approximate surface area is 365 Å². The van der Waals surface area contributed by atoms with Crippen LogP contribution in [0.15, 0.2) is 140 Å². The van der Waals surface area contributed by atoms with Crippen LogP contribution < -0.4 is 4.90 Å². The van der Waals surface area contributed by atoms with E-state index in [9.17, 15) is 0 Å². The molecule has 3 aromatic heterocycles. The second kappa shape index (κ2) is 14.8. The van der Waals surface area contributed by atoms with Crippen LogP contribution in [-0.4, -0.2) is 25.8 Å². The van der Waals surface area contributed by atoms with E-state index >= 15 is 0 Å². The van der Waals surface area contributed by atoms with Gasteiger partial charge < -0.3 is 18.6 Å². The number of allylic oxidation sites excluding steroid dienone is 6. The van der Waals surface area contributed by atoms with Crippen molar-refractivity contribution in [3.63, 3.8) is 0 Å². The molecule has 2 bridgehead atoms. The average molecular weight is 807 g/mol. The van der Waals surface area contributed by atoms with Gasteiger partial charge in [-0.25, -0.2) is 0 Å². The topological polar surface area (TPSA) is 18.0 Å². The van der Waals surface area contributed by atoms with Gasteiger partial charge in [0.05, 0.1) is 33.5 Å². The zero-order valence-corrected chi connectivity index (χ0v) is 36.2. The SMILES string of the molecule is C/C=C\C(=C/CC)n1c2ccccc2c2ccc3c4ccccc4n(-c4cccc(-n5c6c(c7c5C=C5CC(C7C)N(C7CCCCC7)c7ccccc75)C=CCC=C6)c4)c3c21. The quantitative estimate of drug-likeness (QED) is 0.153. The molecule has 4 nitrogen and oxygen atoms in total. The largest absolute Gasteiger partial charge is 0.364 e. The van der Waals surface area contributed by atoms with Crippen LogP contribution in [-0.2, 0) is 0 Å². The summed E-state index contributed by atoms with van der Waals surface area (Å²) in [7, 11) is 0. The molecule has 1 fully saturated rings. The monoisotopic (exact) mass is 806 g/mol. The highest BCUT2D eigenvalue weighted by Gasteiger charge is 2.41. The van der Waals surface area contributed by atoms with Gasteiger partial charge in [-0.15, -0.1) is 0 Å². The summed E-state index contributed by atoms with van der Waals surface area (Å²) in [6.07, 6.45) is 28.5. The van der Waals surface area contributed by atoms with E-state index in [2.05, 4.69) is 197 Å². The minimum absolute atomic E-state index is 0.346. The first-order chi connectivity index (χ1) is 30.6. The maximum atomic E-state index is 2.89. The van der Waals surface area contributed by atoms with Crippen LogP contribution in [0.2, 0.25) is 0 Å². The van der Waals surface area contributed by atoms with Crippen molar-refractivity contribution in [3.05, 3.63) is 168 Å². The first-order valence-corrected chi connectivity index (χ1v) is 23.2. The van der Waals surface area contributed by atoms with Gasteiger partial charge in [-0.2, -0.15) is 0 Å². The molecular weight excluding hydrogens is 753 g/mol. The summed E-state index contributed by atoms with van der Waals surface area (Å²) in [6, 6.07) is 42.3. The molecule has 0 radical (unpaired) electrons. The van der Waals surface area contributed by atoms with Crippen molar-refractivity contribution >= 4 is 78.8 Å². The first-order valence-electron chi connectivity index (χ1n) is 23.2. The number of hydrogen-bond acceptors (Lipinski definition) is 1. The maximum absolute atomic E-state index is 2.89. The number of hydrogen-bond donors (Lipinski definition) is 0. The van der Waals surface area contributed by atoms with Crippen molar-refractivity contribution in [1.82, 2.24) is 13.7 Å². The molecule has 1 saturated carbocycles. The molecular formula is C58H54N4. The minimum Gasteiger partial charge on any atom is -0.364 e. The van der Waals surface area contributed by atoms with E-state index in [1.807, 2.05) is 0 Å². The average Bonchev–Trinajstić information content (AvgIpc) is 3.82. The molecule has 62 heavy (non-hydrogen) atoms. The van der Waals surface area contributed by atoms with Crippen LogP contribution >= 0.6 is 0 Å². The molecule has 4 heterocycles. The van der Waals surface area contributed by atoms with Crippen LogP contribution in [0.4, 0.5) is 5.69 Å². The van der Waals surface area contributed by atoms with Crippen LogP contribution in [0.25, 0.3) is 84.5 Å². The summed E-state index contributed by atoms with van der Waals surface area (Å²) in [5.74, 6) is 0.346. The highest BCUT2D eigenvalue weighted by molar-refractivity contribution is 6.24. The second-order valence-corrected chi connectivity index (χ2v) is 18.0. The number of anilines is 1. The third-order valence-electron chi connectivity index (χ3n) is 14.6. The van der Waals surface area contributed by atoms with E-state index in [-0.39, 0.29) is 0 Å². The number of rotatable bonds is 6. The summed E-state index contributed by atoms with van der Waals surface area (Å²) in [5.41, 5.74) is 18.3. The second-order valence-electron chi connectivity index (χ2n) is 18.0. The number of nitrogens with zero attached hydrogens (tertiary/aromatic N) is 4. The Morgan fingerprint density at radius 3 is 2.21 bits per heavy atom. The zero-order chi connectivity index (χ0) is 41.5. The molecule has 5 aromatic carbocycles. The number of aromatic nitrogens is 3. The smallest absolute Gasteiger partial charge is 0.0788 e. The number of fused-ring (bicyclic) bond motifs is 14. The minimum atomic E-state index is 0.346. The lowest BCUT2D eigenvalue weighted by atomic mass is 9.80. The molecule has 4 aliphatic rings. The van der Waals surface area contributed by atoms with Crippen LogP contribution in [0.3, 0.4) is 0 Å². The molecule has 4 heteroatoms. The van der Waals surface area contributed by atoms with Crippen molar-refractivity contribution in [1.29, 1.82) is 0 Å². The molecule has 0 amide bonds. The molecule has 2 atom stereocenters. The van der Waals surface area contributed by atoms with Gasteiger partial charge in [0.1, 0.15) is 0 Å². The third kappa shape index (κ3) is 5.51. The van der Waals surface area contributed by atoms with E-state index in [1.165, 1.54) is 126 Å². The maximum Gasteiger partial charge on any atom is 0.0788 e. The Morgan fingerprint density at radius 1 is 0.694 bits per heavy atom. The van der Waals surface area contributed by atoms with E-state index in [4.69, 9.17) is 0 Å². The van der Waals surface area contributed by atoms with Gasteiger partial charge in [0, 0.05) is 73.4 Å². The van der Waals surface area contributed by atoms with E-state index in [0.717, 1.165) is 24.9 Å². The Kier molecular flexibility index (Phi) is 8.92. The van der Waals surface area contributed by atoms with Crippen molar-refractivity contribution in [3.8, 4) is 11.4 Å². The van der Waals surface area contributed by atoms with E-state index in [1.54, 1.807) is 0 Å². The summed E-state index contributed by atoms with van der Waals surface area (Å²) >= 11 is 0. The molecule has 0 spiro atoms. The van der Waals surface area contributed by atoms with Crippen LogP contribution in [0.1, 0.15) is 106 Å². The van der Waals surface area contributed by atoms with Crippen LogP contribution in [0, 0.1) is 0 Å². The molecule has 1 aliphatic heterocycles. The summed E-state index contributed by atoms with van der Waals surface area (Å²) < 4.78 is 7.67. The highest BCUT2D eigenvalue weighted by Crippen LogP contribution is 2.51. The predicted molar refractivity (Wildman–Crippen MR) is 266 cm³/mol. The first kappa shape index (κ1) is 37.3. The lowest BCUT2D eigenvalue weighted by Crippen LogP contribution is -2.49. The van der Waals surface area contributed by atoms with Crippen molar-refractivity contribution in [2.75, 3.05) is 4.90 Å². The van der Waals surface area contributed by atoms with Crippen molar-refractivity contribution in [2.24, 2.45) is 0 Å². The molecule has 0 N–H and O–H groups in total. The molecule has 2 unspecified atom stereocenters. The fourth-order valence-electron chi connectivity index (χ4n) is 12.1. The molecule has 12 rings (SSSR count). The van der Waals surface area contributed by atoms with Gasteiger partial charge in [-0.3, -0.25) is 0 Å². The van der Waals surface area contributed by atoms with Gasteiger partial charge in [0.15, 0.2) is 0 Å². The summed E-state index contributed by atoms with van der Waals surface area (Å²) in [6.45, 7) is 6.89. The van der Waals surface area contributed by atoms with Gasteiger partial charge in [0.25, 0.3) is 0 Å². The summed E-state index contributed by atoms with van der Waals surface area (Å²) in [4.78, 5) is 2.89. The van der Waals surface area contributed by atoms with E-state index in [0.29, 0.717) is 18.0 Å². The molecule has 8 aromatic rings. The standard InChI is InChI=1S/C58H54N4/c1-4-19-40(20-5-2)61-51-31-16-13-26-45(51)47-33-34-48-46-27-14-17-32-52(46)62(58(48)57(47)61)43-24-18-23-42(37-43)60-53-29-11-7-10-28-49(53)56-38(3)54-35-39(36-55(56)60)44-25-12-15-30-50(44)59(54)41-21-8-6-9-22-41/h4,10-20,23-34,36-38,41,54H,5-9,21-22,35H2,1-3H3/b19-4-,40-20+.